The number of rotatable bonds is 11. The van der Waals surface area contributed by atoms with Gasteiger partial charge in [-0.1, -0.05) is 38.7 Å². The van der Waals surface area contributed by atoms with Crippen LogP contribution in [0.1, 0.15) is 54.9 Å². The van der Waals surface area contributed by atoms with E-state index in [2.05, 4.69) is 13.5 Å². The maximum atomic E-state index is 11.5. The minimum atomic E-state index is -0.467. The molecule has 0 amide bonds. The molecular weight excluding hydrogens is 264 g/mol. The van der Waals surface area contributed by atoms with Crippen molar-refractivity contribution in [2.24, 2.45) is 0 Å². The Morgan fingerprint density at radius 2 is 2.05 bits per heavy atom. The molecule has 1 aromatic rings. The Morgan fingerprint density at radius 1 is 1.29 bits per heavy atom. The summed E-state index contributed by atoms with van der Waals surface area (Å²) in [6.45, 7) is 6.16. The third-order valence-corrected chi connectivity index (χ3v) is 3.40. The maximum absolute atomic E-state index is 11.5. The van der Waals surface area contributed by atoms with Gasteiger partial charge in [-0.3, -0.25) is 4.79 Å². The highest BCUT2D eigenvalue weighted by atomic mass is 16.5. The first-order valence-electron chi connectivity index (χ1n) is 7.73. The number of allylic oxidation sites excluding steroid dienone is 1. The van der Waals surface area contributed by atoms with Gasteiger partial charge in [0.1, 0.15) is 12.4 Å². The van der Waals surface area contributed by atoms with Crippen LogP contribution in [0, 0.1) is 0 Å². The lowest BCUT2D eigenvalue weighted by Gasteiger charge is -2.12. The van der Waals surface area contributed by atoms with E-state index in [0.717, 1.165) is 17.7 Å². The van der Waals surface area contributed by atoms with Crippen molar-refractivity contribution in [1.82, 2.24) is 0 Å². The van der Waals surface area contributed by atoms with E-state index in [4.69, 9.17) is 9.84 Å². The first-order chi connectivity index (χ1) is 10.2. The third-order valence-electron chi connectivity index (χ3n) is 3.40. The van der Waals surface area contributed by atoms with Crippen LogP contribution in [0.25, 0.3) is 0 Å². The Hall–Kier alpha value is -1.61. The minimum absolute atomic E-state index is 0.272. The van der Waals surface area contributed by atoms with E-state index in [9.17, 15) is 4.79 Å². The molecule has 1 N–H and O–H groups in total. The molecule has 1 aromatic carbocycles. The number of Topliss-reactive ketones (excluding diaryl/α,β-unsaturated/α-hetero) is 1. The Labute approximate surface area is 127 Å². The van der Waals surface area contributed by atoms with Crippen LogP contribution in [0.3, 0.4) is 0 Å². The smallest absolute Gasteiger partial charge is 0.188 e. The van der Waals surface area contributed by atoms with Crippen molar-refractivity contribution in [3.05, 3.63) is 42.0 Å². The SMILES string of the molecule is C=CCc1cc(C(=O)CO)ccc1OCCCCCCC. The Balaban J connectivity index is 2.59. The van der Waals surface area contributed by atoms with Crippen LogP contribution in [0.2, 0.25) is 0 Å². The van der Waals surface area contributed by atoms with E-state index in [1.807, 2.05) is 6.07 Å². The van der Waals surface area contributed by atoms with Crippen LogP contribution in [-0.2, 0) is 6.42 Å². The molecule has 3 heteroatoms. The lowest BCUT2D eigenvalue weighted by molar-refractivity contribution is 0.0903. The van der Waals surface area contributed by atoms with Crippen molar-refractivity contribution < 1.29 is 14.6 Å². The standard InChI is InChI=1S/C18H26O3/c1-3-5-6-7-8-12-21-18-11-10-15(17(20)14-19)13-16(18)9-4-2/h4,10-11,13,19H,2-3,5-9,12,14H2,1H3. The second-order valence-corrected chi connectivity index (χ2v) is 5.16. The summed E-state index contributed by atoms with van der Waals surface area (Å²) >= 11 is 0. The molecule has 0 spiro atoms. The van der Waals surface area contributed by atoms with Gasteiger partial charge in [-0.25, -0.2) is 0 Å². The van der Waals surface area contributed by atoms with Crippen LogP contribution >= 0.6 is 0 Å². The molecule has 0 aromatic heterocycles. The molecule has 0 bridgehead atoms. The van der Waals surface area contributed by atoms with Crippen molar-refractivity contribution in [2.45, 2.75) is 45.4 Å². The number of benzene rings is 1. The molecule has 0 aliphatic rings. The molecular formula is C18H26O3. The van der Waals surface area contributed by atoms with Gasteiger partial charge < -0.3 is 9.84 Å². The van der Waals surface area contributed by atoms with Gasteiger partial charge in [0.2, 0.25) is 0 Å². The molecule has 0 aliphatic carbocycles. The molecule has 116 valence electrons. The molecule has 0 unspecified atom stereocenters. The number of aliphatic hydroxyl groups excluding tert-OH is 1. The van der Waals surface area contributed by atoms with E-state index in [0.29, 0.717) is 18.6 Å². The number of hydrogen-bond donors (Lipinski definition) is 1. The lowest BCUT2D eigenvalue weighted by Crippen LogP contribution is -2.06. The van der Waals surface area contributed by atoms with E-state index in [-0.39, 0.29) is 5.78 Å². The summed E-state index contributed by atoms with van der Waals surface area (Å²) < 4.78 is 5.82. The normalized spacial score (nSPS) is 10.4. The van der Waals surface area contributed by atoms with Crippen LogP contribution in [0.5, 0.6) is 5.75 Å². The Morgan fingerprint density at radius 3 is 2.71 bits per heavy atom. The van der Waals surface area contributed by atoms with Crippen LogP contribution in [-0.4, -0.2) is 24.1 Å². The Kier molecular flexibility index (Phi) is 8.44. The molecule has 3 nitrogen and oxygen atoms in total. The molecule has 0 saturated heterocycles. The molecule has 0 fully saturated rings. The third kappa shape index (κ3) is 6.13. The van der Waals surface area contributed by atoms with Crippen molar-refractivity contribution in [1.29, 1.82) is 0 Å². The number of unbranched alkanes of at least 4 members (excludes halogenated alkanes) is 4. The average molecular weight is 290 g/mol. The fourth-order valence-electron chi connectivity index (χ4n) is 2.19. The van der Waals surface area contributed by atoms with E-state index in [1.54, 1.807) is 18.2 Å². The summed E-state index contributed by atoms with van der Waals surface area (Å²) in [5.74, 6) is 0.534. The van der Waals surface area contributed by atoms with Gasteiger partial charge in [0, 0.05) is 5.56 Å². The number of ether oxygens (including phenoxy) is 1. The first kappa shape index (κ1) is 17.4. The number of aliphatic hydroxyl groups is 1. The van der Waals surface area contributed by atoms with Crippen molar-refractivity contribution >= 4 is 5.78 Å². The van der Waals surface area contributed by atoms with Crippen LogP contribution in [0.4, 0.5) is 0 Å². The van der Waals surface area contributed by atoms with Gasteiger partial charge in [0.05, 0.1) is 6.61 Å². The van der Waals surface area contributed by atoms with Gasteiger partial charge in [0.25, 0.3) is 0 Å². The zero-order chi connectivity index (χ0) is 15.5. The maximum Gasteiger partial charge on any atom is 0.188 e. The summed E-state index contributed by atoms with van der Waals surface area (Å²) in [6, 6.07) is 5.30. The second kappa shape index (κ2) is 10.2. The minimum Gasteiger partial charge on any atom is -0.493 e. The zero-order valence-corrected chi connectivity index (χ0v) is 12.9. The predicted molar refractivity (Wildman–Crippen MR) is 86.0 cm³/mol. The molecule has 0 aliphatic heterocycles. The molecule has 0 heterocycles. The number of carbonyl (C=O) groups is 1. The van der Waals surface area contributed by atoms with Gasteiger partial charge in [-0.05, 0) is 36.6 Å². The first-order valence-corrected chi connectivity index (χ1v) is 7.73. The summed E-state index contributed by atoms with van der Waals surface area (Å²) in [6.07, 6.45) is 8.44. The predicted octanol–water partition coefficient (Wildman–Crippen LogP) is 3.94. The van der Waals surface area contributed by atoms with Crippen LogP contribution in [0.15, 0.2) is 30.9 Å². The highest BCUT2D eigenvalue weighted by Gasteiger charge is 2.09. The monoisotopic (exact) mass is 290 g/mol. The second-order valence-electron chi connectivity index (χ2n) is 5.16. The number of hydrogen-bond acceptors (Lipinski definition) is 3. The van der Waals surface area contributed by atoms with Gasteiger partial charge in [-0.15, -0.1) is 6.58 Å². The Bertz CT molecular complexity index is 452. The van der Waals surface area contributed by atoms with E-state index < -0.39 is 6.61 Å². The van der Waals surface area contributed by atoms with Crippen molar-refractivity contribution in [2.75, 3.05) is 13.2 Å². The number of carbonyl (C=O) groups excluding carboxylic acids is 1. The zero-order valence-electron chi connectivity index (χ0n) is 12.9. The summed E-state index contributed by atoms with van der Waals surface area (Å²) in [5.41, 5.74) is 1.46. The van der Waals surface area contributed by atoms with Gasteiger partial charge in [-0.2, -0.15) is 0 Å². The van der Waals surface area contributed by atoms with Crippen molar-refractivity contribution in [3.8, 4) is 5.75 Å². The largest absolute Gasteiger partial charge is 0.493 e. The quantitative estimate of drug-likeness (QED) is 0.381. The number of ketones is 1. The van der Waals surface area contributed by atoms with E-state index >= 15 is 0 Å². The molecule has 1 rings (SSSR count). The fourth-order valence-corrected chi connectivity index (χ4v) is 2.19. The lowest BCUT2D eigenvalue weighted by atomic mass is 10.0. The molecule has 0 radical (unpaired) electrons. The average Bonchev–Trinajstić information content (AvgIpc) is 2.51. The molecule has 0 atom stereocenters. The highest BCUT2D eigenvalue weighted by Crippen LogP contribution is 2.22. The fraction of sp³-hybridized carbons (Fsp3) is 0.500. The summed E-state index contributed by atoms with van der Waals surface area (Å²) in [7, 11) is 0. The van der Waals surface area contributed by atoms with Crippen LogP contribution < -0.4 is 4.74 Å². The highest BCUT2D eigenvalue weighted by molar-refractivity contribution is 5.97. The topological polar surface area (TPSA) is 46.5 Å². The van der Waals surface area contributed by atoms with E-state index in [1.165, 1.54) is 25.7 Å². The summed E-state index contributed by atoms with van der Waals surface area (Å²) in [4.78, 5) is 11.5. The molecule has 21 heavy (non-hydrogen) atoms. The van der Waals surface area contributed by atoms with Gasteiger partial charge in [0.15, 0.2) is 5.78 Å². The van der Waals surface area contributed by atoms with Gasteiger partial charge >= 0.3 is 0 Å². The molecule has 0 saturated carbocycles. The van der Waals surface area contributed by atoms with Crippen molar-refractivity contribution in [3.63, 3.8) is 0 Å². The summed E-state index contributed by atoms with van der Waals surface area (Å²) in [5, 5.41) is 8.92.